The highest BCUT2D eigenvalue weighted by Crippen LogP contribution is 2.19. The molecule has 0 spiro atoms. The molecule has 2 rings (SSSR count). The van der Waals surface area contributed by atoms with Crippen LogP contribution in [0.15, 0.2) is 29.4 Å². The first-order valence-electron chi connectivity index (χ1n) is 8.91. The van der Waals surface area contributed by atoms with Crippen LogP contribution in [-0.2, 0) is 11.2 Å². The molecule has 0 aliphatic carbocycles. The first kappa shape index (κ1) is 19.5. The van der Waals surface area contributed by atoms with E-state index in [1.165, 1.54) is 17.3 Å². The summed E-state index contributed by atoms with van der Waals surface area (Å²) < 4.78 is 0. The number of hydrogen-bond donors (Lipinski definition) is 2. The lowest BCUT2D eigenvalue weighted by Crippen LogP contribution is -2.34. The molecule has 2 N–H and O–H groups in total. The summed E-state index contributed by atoms with van der Waals surface area (Å²) in [4.78, 5) is 16.5. The molecule has 5 nitrogen and oxygen atoms in total. The van der Waals surface area contributed by atoms with Crippen molar-refractivity contribution in [2.45, 2.75) is 58.2 Å². The Bertz CT molecular complexity index is 666. The maximum Gasteiger partial charge on any atom is 0.230 e. The van der Waals surface area contributed by atoms with Crippen molar-refractivity contribution in [3.05, 3.63) is 29.8 Å². The van der Waals surface area contributed by atoms with Crippen molar-refractivity contribution in [1.29, 1.82) is 0 Å². The van der Waals surface area contributed by atoms with E-state index < -0.39 is 0 Å². The number of carbonyl (C=O) groups is 1. The van der Waals surface area contributed by atoms with Gasteiger partial charge >= 0.3 is 0 Å². The first-order chi connectivity index (χ1) is 12.0. The van der Waals surface area contributed by atoms with Crippen LogP contribution in [0.25, 0.3) is 11.4 Å². The number of carbonyl (C=O) groups excluding carboxylic acids is 1. The molecular formula is C19H28N4OS. The molecule has 25 heavy (non-hydrogen) atoms. The van der Waals surface area contributed by atoms with E-state index in [-0.39, 0.29) is 11.9 Å². The highest BCUT2D eigenvalue weighted by molar-refractivity contribution is 7.99. The van der Waals surface area contributed by atoms with Crippen molar-refractivity contribution in [3.63, 3.8) is 0 Å². The highest BCUT2D eigenvalue weighted by Gasteiger charge is 2.11. The minimum atomic E-state index is 0.0277. The zero-order valence-electron chi connectivity index (χ0n) is 15.5. The Morgan fingerprint density at radius 2 is 1.92 bits per heavy atom. The van der Waals surface area contributed by atoms with Crippen LogP contribution >= 0.6 is 11.8 Å². The maximum atomic E-state index is 12.0. The van der Waals surface area contributed by atoms with Gasteiger partial charge in [0.2, 0.25) is 11.1 Å². The molecule has 1 atom stereocenters. The van der Waals surface area contributed by atoms with Gasteiger partial charge in [-0.25, -0.2) is 4.98 Å². The number of amides is 1. The third kappa shape index (κ3) is 6.53. The molecule has 136 valence electrons. The molecule has 0 aliphatic heterocycles. The van der Waals surface area contributed by atoms with Crippen molar-refractivity contribution >= 4 is 17.7 Å². The SMILES string of the molecule is CCc1ccc(-c2nc(SCC(=O)N[C@@H](C)CCC(C)C)n[nH]2)cc1. The smallest absolute Gasteiger partial charge is 0.230 e. The van der Waals surface area contributed by atoms with Crippen LogP contribution in [0.2, 0.25) is 0 Å². The number of nitrogens with one attached hydrogen (secondary N) is 2. The summed E-state index contributed by atoms with van der Waals surface area (Å²) in [6, 6.07) is 8.47. The van der Waals surface area contributed by atoms with Gasteiger partial charge < -0.3 is 5.32 Å². The number of H-pyrrole nitrogens is 1. The largest absolute Gasteiger partial charge is 0.353 e. The average Bonchev–Trinajstić information content (AvgIpc) is 3.07. The Labute approximate surface area is 154 Å². The van der Waals surface area contributed by atoms with Crippen LogP contribution in [-0.4, -0.2) is 32.9 Å². The highest BCUT2D eigenvalue weighted by atomic mass is 32.2. The van der Waals surface area contributed by atoms with Gasteiger partial charge in [-0.2, -0.15) is 0 Å². The number of nitrogens with zero attached hydrogens (tertiary/aromatic N) is 2. The van der Waals surface area contributed by atoms with E-state index in [0.717, 1.165) is 30.7 Å². The summed E-state index contributed by atoms with van der Waals surface area (Å²) in [6.45, 7) is 8.57. The lowest BCUT2D eigenvalue weighted by molar-refractivity contribution is -0.119. The molecular weight excluding hydrogens is 332 g/mol. The molecule has 0 unspecified atom stereocenters. The van der Waals surface area contributed by atoms with Crippen molar-refractivity contribution < 1.29 is 4.79 Å². The molecule has 0 fully saturated rings. The van der Waals surface area contributed by atoms with Crippen LogP contribution in [0.3, 0.4) is 0 Å². The molecule has 0 aliphatic rings. The number of rotatable bonds is 9. The van der Waals surface area contributed by atoms with Crippen molar-refractivity contribution in [2.24, 2.45) is 5.92 Å². The quantitative estimate of drug-likeness (QED) is 0.661. The number of hydrogen-bond acceptors (Lipinski definition) is 4. The van der Waals surface area contributed by atoms with Crippen LogP contribution in [0.4, 0.5) is 0 Å². The second-order valence-electron chi connectivity index (χ2n) is 6.75. The molecule has 2 aromatic rings. The Morgan fingerprint density at radius 3 is 2.56 bits per heavy atom. The van der Waals surface area contributed by atoms with E-state index in [1.54, 1.807) is 0 Å². The fourth-order valence-electron chi connectivity index (χ4n) is 2.44. The standard InChI is InChI=1S/C19H28N4OS/c1-5-15-8-10-16(11-9-15)18-21-19(23-22-18)25-12-17(24)20-14(4)7-6-13(2)3/h8-11,13-14H,5-7,12H2,1-4H3,(H,20,24)(H,21,22,23)/t14-/m0/s1. The molecule has 6 heteroatoms. The molecule has 1 aromatic heterocycles. The second-order valence-corrected chi connectivity index (χ2v) is 7.69. The average molecular weight is 361 g/mol. The molecule has 1 heterocycles. The van der Waals surface area contributed by atoms with Gasteiger partial charge in [0.1, 0.15) is 0 Å². The van der Waals surface area contributed by atoms with Crippen LogP contribution in [0, 0.1) is 5.92 Å². The van der Waals surface area contributed by atoms with E-state index in [2.05, 4.69) is 60.3 Å². The topological polar surface area (TPSA) is 70.7 Å². The predicted octanol–water partition coefficient (Wildman–Crippen LogP) is 4.07. The number of aromatic nitrogens is 3. The van der Waals surface area contributed by atoms with Crippen molar-refractivity contribution in [3.8, 4) is 11.4 Å². The van der Waals surface area contributed by atoms with Crippen LogP contribution in [0.1, 0.15) is 46.1 Å². The Morgan fingerprint density at radius 1 is 1.20 bits per heavy atom. The minimum Gasteiger partial charge on any atom is -0.353 e. The Balaban J connectivity index is 1.81. The Kier molecular flexibility index (Phi) is 7.50. The number of benzene rings is 1. The second kappa shape index (κ2) is 9.61. The number of thioether (sulfide) groups is 1. The third-order valence-corrected chi connectivity index (χ3v) is 4.86. The van der Waals surface area contributed by atoms with E-state index in [0.29, 0.717) is 16.8 Å². The Hall–Kier alpha value is -1.82. The predicted molar refractivity (Wildman–Crippen MR) is 104 cm³/mol. The van der Waals surface area contributed by atoms with Gasteiger partial charge in [-0.15, -0.1) is 5.10 Å². The van der Waals surface area contributed by atoms with E-state index in [4.69, 9.17) is 0 Å². The molecule has 1 aromatic carbocycles. The molecule has 0 saturated heterocycles. The van der Waals surface area contributed by atoms with Gasteiger partial charge in [0.25, 0.3) is 0 Å². The third-order valence-electron chi connectivity index (χ3n) is 4.02. The summed E-state index contributed by atoms with van der Waals surface area (Å²) in [5.74, 6) is 1.75. The zero-order valence-corrected chi connectivity index (χ0v) is 16.3. The first-order valence-corrected chi connectivity index (χ1v) is 9.90. The number of aromatic amines is 1. The normalized spacial score (nSPS) is 12.4. The van der Waals surface area contributed by atoms with Crippen LogP contribution in [0.5, 0.6) is 0 Å². The molecule has 0 radical (unpaired) electrons. The minimum absolute atomic E-state index is 0.0277. The molecule has 0 bridgehead atoms. The van der Waals surface area contributed by atoms with Gasteiger partial charge in [0.15, 0.2) is 5.82 Å². The van der Waals surface area contributed by atoms with E-state index in [1.807, 2.05) is 12.1 Å². The summed E-state index contributed by atoms with van der Waals surface area (Å²) in [6.07, 6.45) is 3.14. The summed E-state index contributed by atoms with van der Waals surface area (Å²) in [5.41, 5.74) is 2.30. The van der Waals surface area contributed by atoms with E-state index in [9.17, 15) is 4.79 Å². The van der Waals surface area contributed by atoms with Gasteiger partial charge in [0.05, 0.1) is 5.75 Å². The summed E-state index contributed by atoms with van der Waals surface area (Å²) in [7, 11) is 0. The number of aryl methyl sites for hydroxylation is 1. The lowest BCUT2D eigenvalue weighted by atomic mass is 10.0. The zero-order chi connectivity index (χ0) is 18.2. The molecule has 1 amide bonds. The monoisotopic (exact) mass is 360 g/mol. The van der Waals surface area contributed by atoms with Crippen LogP contribution < -0.4 is 5.32 Å². The summed E-state index contributed by atoms with van der Waals surface area (Å²) in [5, 5.41) is 10.8. The fourth-order valence-corrected chi connectivity index (χ4v) is 3.05. The summed E-state index contributed by atoms with van der Waals surface area (Å²) >= 11 is 1.35. The van der Waals surface area contributed by atoms with E-state index >= 15 is 0 Å². The fraction of sp³-hybridized carbons (Fsp3) is 0.526. The van der Waals surface area contributed by atoms with Gasteiger partial charge in [0, 0.05) is 11.6 Å². The van der Waals surface area contributed by atoms with Gasteiger partial charge in [-0.05, 0) is 37.7 Å². The lowest BCUT2D eigenvalue weighted by Gasteiger charge is -2.14. The van der Waals surface area contributed by atoms with Gasteiger partial charge in [-0.1, -0.05) is 56.8 Å². The van der Waals surface area contributed by atoms with Crippen molar-refractivity contribution in [2.75, 3.05) is 5.75 Å². The molecule has 0 saturated carbocycles. The van der Waals surface area contributed by atoms with Gasteiger partial charge in [-0.3, -0.25) is 9.89 Å². The maximum absolute atomic E-state index is 12.0. The van der Waals surface area contributed by atoms with Crippen molar-refractivity contribution in [1.82, 2.24) is 20.5 Å².